The van der Waals surface area contributed by atoms with Gasteiger partial charge in [0.2, 0.25) is 0 Å². The van der Waals surface area contributed by atoms with E-state index in [-0.39, 0.29) is 0 Å². The van der Waals surface area contributed by atoms with E-state index in [1.54, 1.807) is 0 Å². The first kappa shape index (κ1) is 16.1. The Hall–Kier alpha value is -1.14. The lowest BCUT2D eigenvalue weighted by Gasteiger charge is -2.35. The highest BCUT2D eigenvalue weighted by Crippen LogP contribution is 2.47. The Balaban J connectivity index is 1.30. The molecular formula is C19H30N4O2. The van der Waals surface area contributed by atoms with E-state index in [1.165, 1.54) is 38.5 Å². The number of hydrogen-bond acceptors (Lipinski definition) is 6. The molecule has 0 amide bonds. The van der Waals surface area contributed by atoms with Gasteiger partial charge in [-0.25, -0.2) is 0 Å². The van der Waals surface area contributed by atoms with Crippen LogP contribution in [0.2, 0.25) is 0 Å². The molecule has 0 aromatic carbocycles. The zero-order chi connectivity index (χ0) is 17.0. The smallest absolute Gasteiger partial charge is 0.0775 e. The number of nitrogens with zero attached hydrogens (tertiary/aromatic N) is 4. The van der Waals surface area contributed by atoms with Crippen LogP contribution in [0.4, 0.5) is 0 Å². The Bertz CT molecular complexity index is 542. The molecule has 1 heterocycles. The summed E-state index contributed by atoms with van der Waals surface area (Å²) in [4.78, 5) is 5.17. The second kappa shape index (κ2) is 6.23. The number of hydrogen-bond donors (Lipinski definition) is 2. The second-order valence-corrected chi connectivity index (χ2v) is 8.91. The summed E-state index contributed by atoms with van der Waals surface area (Å²) in [5, 5.41) is 26.5. The van der Waals surface area contributed by atoms with E-state index < -0.39 is 0 Å². The number of oxime groups is 2. The average Bonchev–Trinajstić information content (AvgIpc) is 3.39. The van der Waals surface area contributed by atoms with Gasteiger partial charge in [-0.1, -0.05) is 10.3 Å². The molecule has 0 aromatic rings. The highest BCUT2D eigenvalue weighted by atomic mass is 16.4. The van der Waals surface area contributed by atoms with Crippen LogP contribution in [0.25, 0.3) is 0 Å². The molecule has 4 aliphatic carbocycles. The molecule has 0 unspecified atom stereocenters. The van der Waals surface area contributed by atoms with Crippen LogP contribution in [-0.2, 0) is 0 Å². The predicted octanol–water partition coefficient (Wildman–Crippen LogP) is 2.25. The Labute approximate surface area is 149 Å². The molecule has 4 bridgehead atoms. The summed E-state index contributed by atoms with van der Waals surface area (Å²) >= 11 is 0. The topological polar surface area (TPSA) is 71.7 Å². The molecular weight excluding hydrogens is 316 g/mol. The summed E-state index contributed by atoms with van der Waals surface area (Å²) in [7, 11) is 0. The van der Waals surface area contributed by atoms with Gasteiger partial charge in [0.05, 0.1) is 23.5 Å². The molecule has 5 fully saturated rings. The molecule has 1 aliphatic heterocycles. The van der Waals surface area contributed by atoms with Crippen molar-refractivity contribution in [1.29, 1.82) is 0 Å². The van der Waals surface area contributed by atoms with Gasteiger partial charge >= 0.3 is 0 Å². The minimum Gasteiger partial charge on any atom is -0.411 e. The third-order valence-corrected chi connectivity index (χ3v) is 7.86. The lowest BCUT2D eigenvalue weighted by molar-refractivity contribution is 0.173. The zero-order valence-corrected chi connectivity index (χ0v) is 14.9. The molecule has 2 N–H and O–H groups in total. The van der Waals surface area contributed by atoms with E-state index in [1.807, 2.05) is 0 Å². The predicted molar refractivity (Wildman–Crippen MR) is 95.4 cm³/mol. The van der Waals surface area contributed by atoms with Gasteiger partial charge in [0, 0.05) is 38.0 Å². The van der Waals surface area contributed by atoms with E-state index in [0.29, 0.717) is 35.8 Å². The van der Waals surface area contributed by atoms with Crippen molar-refractivity contribution in [3.8, 4) is 0 Å². The van der Waals surface area contributed by atoms with Gasteiger partial charge in [0.25, 0.3) is 0 Å². The first-order chi connectivity index (χ1) is 12.3. The maximum atomic E-state index is 9.53. The molecule has 0 spiro atoms. The van der Waals surface area contributed by atoms with Gasteiger partial charge in [-0.3, -0.25) is 9.80 Å². The Kier molecular flexibility index (Phi) is 4.01. The Morgan fingerprint density at radius 1 is 0.680 bits per heavy atom. The zero-order valence-electron chi connectivity index (χ0n) is 14.9. The van der Waals surface area contributed by atoms with Gasteiger partial charge in [-0.05, 0) is 56.8 Å². The summed E-state index contributed by atoms with van der Waals surface area (Å²) in [5.41, 5.74) is 2.12. The molecule has 4 saturated carbocycles. The highest BCUT2D eigenvalue weighted by molar-refractivity contribution is 5.95. The maximum Gasteiger partial charge on any atom is 0.0775 e. The van der Waals surface area contributed by atoms with E-state index in [9.17, 15) is 10.4 Å². The molecule has 1 saturated heterocycles. The summed E-state index contributed by atoms with van der Waals surface area (Å²) in [6.45, 7) is 4.27. The fourth-order valence-electron chi connectivity index (χ4n) is 6.88. The molecule has 6 atom stereocenters. The van der Waals surface area contributed by atoms with Crippen LogP contribution in [0.15, 0.2) is 10.3 Å². The molecule has 6 nitrogen and oxygen atoms in total. The lowest BCUT2D eigenvalue weighted by atomic mass is 9.91. The minimum atomic E-state index is 0.370. The molecule has 6 heteroatoms. The maximum absolute atomic E-state index is 9.53. The average molecular weight is 346 g/mol. The van der Waals surface area contributed by atoms with E-state index in [0.717, 1.165) is 44.0 Å². The van der Waals surface area contributed by atoms with Crippen molar-refractivity contribution in [2.75, 3.05) is 26.2 Å². The fraction of sp³-hybridized carbons (Fsp3) is 0.895. The quantitative estimate of drug-likeness (QED) is 0.594. The van der Waals surface area contributed by atoms with E-state index in [4.69, 9.17) is 0 Å². The summed E-state index contributed by atoms with van der Waals surface area (Å²) in [6.07, 6.45) is 8.60. The van der Waals surface area contributed by atoms with Crippen LogP contribution in [0, 0.1) is 23.7 Å². The standard InChI is InChI=1S/C19H30N4O2/c24-20-16-12-2-4-14(10-12)18(16)22-6-1-7-23(9-8-22)19-15-5-3-13(11-15)17(19)21-25/h12-15,18-19,24-25H,1-11H2/b20-16-,21-17-/t12-,13-,14-,15-,18+,19+/m0/s1. The molecule has 5 aliphatic rings. The summed E-state index contributed by atoms with van der Waals surface area (Å²) in [6, 6.07) is 0.740. The second-order valence-electron chi connectivity index (χ2n) is 8.91. The van der Waals surface area contributed by atoms with Gasteiger partial charge < -0.3 is 10.4 Å². The van der Waals surface area contributed by atoms with Crippen molar-refractivity contribution in [2.45, 2.75) is 57.0 Å². The van der Waals surface area contributed by atoms with Crippen LogP contribution in [0.1, 0.15) is 44.9 Å². The molecule has 0 aromatic heterocycles. The van der Waals surface area contributed by atoms with Crippen molar-refractivity contribution >= 4 is 11.4 Å². The number of rotatable bonds is 2. The Morgan fingerprint density at radius 3 is 1.60 bits per heavy atom. The van der Waals surface area contributed by atoms with Crippen LogP contribution in [0.5, 0.6) is 0 Å². The van der Waals surface area contributed by atoms with Crippen LogP contribution in [-0.4, -0.2) is 69.9 Å². The minimum absolute atomic E-state index is 0.370. The molecule has 25 heavy (non-hydrogen) atoms. The largest absolute Gasteiger partial charge is 0.411 e. The third-order valence-electron chi connectivity index (χ3n) is 7.86. The van der Waals surface area contributed by atoms with Crippen LogP contribution >= 0.6 is 0 Å². The van der Waals surface area contributed by atoms with Crippen molar-refractivity contribution in [1.82, 2.24) is 9.80 Å². The van der Waals surface area contributed by atoms with Crippen molar-refractivity contribution in [2.24, 2.45) is 34.0 Å². The monoisotopic (exact) mass is 346 g/mol. The Morgan fingerprint density at radius 2 is 1.16 bits per heavy atom. The highest BCUT2D eigenvalue weighted by Gasteiger charge is 2.50. The van der Waals surface area contributed by atoms with Crippen molar-refractivity contribution in [3.63, 3.8) is 0 Å². The van der Waals surface area contributed by atoms with Gasteiger partial charge in [0.1, 0.15) is 0 Å². The van der Waals surface area contributed by atoms with Gasteiger partial charge in [-0.15, -0.1) is 0 Å². The van der Waals surface area contributed by atoms with Crippen molar-refractivity contribution < 1.29 is 10.4 Å². The molecule has 138 valence electrons. The fourth-order valence-corrected chi connectivity index (χ4v) is 6.88. The SMILES string of the molecule is O/N=C1/[C@H]2CC[C@@H](C2)[C@H]1N1CCCN([C@H]2/C(=N\O)[C@H]3CC[C@H]2C3)CC1. The first-order valence-electron chi connectivity index (χ1n) is 10.2. The van der Waals surface area contributed by atoms with Crippen LogP contribution in [0.3, 0.4) is 0 Å². The number of fused-ring (bicyclic) bond motifs is 4. The van der Waals surface area contributed by atoms with E-state index >= 15 is 0 Å². The normalized spacial score (nSPS) is 48.0. The van der Waals surface area contributed by atoms with E-state index in [2.05, 4.69) is 20.1 Å². The first-order valence-corrected chi connectivity index (χ1v) is 10.2. The summed E-state index contributed by atoms with van der Waals surface area (Å²) in [5.74, 6) is 2.44. The van der Waals surface area contributed by atoms with Crippen LogP contribution < -0.4 is 0 Å². The lowest BCUT2D eigenvalue weighted by Crippen LogP contribution is -2.49. The molecule has 0 radical (unpaired) electrons. The van der Waals surface area contributed by atoms with Crippen molar-refractivity contribution in [3.05, 3.63) is 0 Å². The van der Waals surface area contributed by atoms with Gasteiger partial charge in [0.15, 0.2) is 0 Å². The third kappa shape index (κ3) is 2.44. The summed E-state index contributed by atoms with van der Waals surface area (Å²) < 4.78 is 0. The van der Waals surface area contributed by atoms with Gasteiger partial charge in [-0.2, -0.15) is 0 Å². The molecule has 5 rings (SSSR count).